The van der Waals surface area contributed by atoms with Gasteiger partial charge in [-0.3, -0.25) is 0 Å². The molecule has 3 N–H and O–H groups in total. The first-order valence-electron chi connectivity index (χ1n) is 5.00. The van der Waals surface area contributed by atoms with Gasteiger partial charge in [0.15, 0.2) is 0 Å². The standard InChI is InChI=1S/C9H19N3O2/c1-7(2)11-9(13)12-3-4-14-6-8(12)5-10/h7-8H,3-6,10H2,1-2H3,(H,11,13). The predicted octanol–water partition coefficient (Wildman–Crippen LogP) is -0.236. The molecule has 0 spiro atoms. The van der Waals surface area contributed by atoms with Gasteiger partial charge in [-0.2, -0.15) is 0 Å². The number of urea groups is 1. The van der Waals surface area contributed by atoms with Crippen molar-refractivity contribution >= 4 is 6.03 Å². The van der Waals surface area contributed by atoms with Crippen LogP contribution < -0.4 is 11.1 Å². The molecule has 5 heteroatoms. The molecule has 0 aromatic carbocycles. The zero-order chi connectivity index (χ0) is 10.6. The minimum absolute atomic E-state index is 0.0162. The van der Waals surface area contributed by atoms with Crippen LogP contribution in [0, 0.1) is 0 Å². The normalized spacial score (nSPS) is 22.6. The summed E-state index contributed by atoms with van der Waals surface area (Å²) in [4.78, 5) is 13.4. The lowest BCUT2D eigenvalue weighted by molar-refractivity contribution is 0.0153. The van der Waals surface area contributed by atoms with Crippen LogP contribution in [-0.2, 0) is 4.74 Å². The Morgan fingerprint density at radius 1 is 1.71 bits per heavy atom. The highest BCUT2D eigenvalue weighted by Crippen LogP contribution is 2.05. The molecule has 1 unspecified atom stereocenters. The van der Waals surface area contributed by atoms with E-state index in [1.54, 1.807) is 4.90 Å². The number of nitrogens with zero attached hydrogens (tertiary/aromatic N) is 1. The molecular formula is C9H19N3O2. The van der Waals surface area contributed by atoms with Crippen LogP contribution in [0.4, 0.5) is 4.79 Å². The molecule has 1 saturated heterocycles. The maximum atomic E-state index is 11.7. The third kappa shape index (κ3) is 2.85. The molecule has 0 bridgehead atoms. The molecular weight excluding hydrogens is 182 g/mol. The van der Waals surface area contributed by atoms with E-state index < -0.39 is 0 Å². The van der Waals surface area contributed by atoms with Gasteiger partial charge >= 0.3 is 6.03 Å². The first-order valence-corrected chi connectivity index (χ1v) is 5.00. The highest BCUT2D eigenvalue weighted by molar-refractivity contribution is 5.75. The SMILES string of the molecule is CC(C)NC(=O)N1CCOCC1CN. The minimum Gasteiger partial charge on any atom is -0.377 e. The van der Waals surface area contributed by atoms with Gasteiger partial charge in [-0.05, 0) is 13.8 Å². The molecule has 14 heavy (non-hydrogen) atoms. The number of nitrogens with two attached hydrogens (primary N) is 1. The molecule has 0 aromatic rings. The second-order valence-corrected chi connectivity index (χ2v) is 3.76. The first kappa shape index (κ1) is 11.3. The Labute approximate surface area is 84.6 Å². The molecule has 2 amide bonds. The summed E-state index contributed by atoms with van der Waals surface area (Å²) >= 11 is 0. The average Bonchev–Trinajstić information content (AvgIpc) is 2.16. The summed E-state index contributed by atoms with van der Waals surface area (Å²) in [5.74, 6) is 0. The Bertz CT molecular complexity index is 196. The number of carbonyl (C=O) groups is 1. The van der Waals surface area contributed by atoms with Crippen molar-refractivity contribution in [2.24, 2.45) is 5.73 Å². The quantitative estimate of drug-likeness (QED) is 0.648. The van der Waals surface area contributed by atoms with Crippen LogP contribution in [0.5, 0.6) is 0 Å². The van der Waals surface area contributed by atoms with Crippen molar-refractivity contribution in [1.82, 2.24) is 10.2 Å². The third-order valence-corrected chi connectivity index (χ3v) is 2.17. The average molecular weight is 201 g/mol. The van der Waals surface area contributed by atoms with Crippen molar-refractivity contribution in [2.45, 2.75) is 25.9 Å². The van der Waals surface area contributed by atoms with E-state index in [0.717, 1.165) is 0 Å². The van der Waals surface area contributed by atoms with Gasteiger partial charge < -0.3 is 20.7 Å². The van der Waals surface area contributed by atoms with E-state index in [0.29, 0.717) is 26.3 Å². The van der Waals surface area contributed by atoms with E-state index >= 15 is 0 Å². The van der Waals surface area contributed by atoms with Crippen LogP contribution >= 0.6 is 0 Å². The highest BCUT2D eigenvalue weighted by atomic mass is 16.5. The maximum Gasteiger partial charge on any atom is 0.318 e. The Morgan fingerprint density at radius 3 is 3.00 bits per heavy atom. The lowest BCUT2D eigenvalue weighted by atomic mass is 10.2. The molecule has 1 rings (SSSR count). The molecule has 0 saturated carbocycles. The lowest BCUT2D eigenvalue weighted by Gasteiger charge is -2.35. The Kier molecular flexibility index (Phi) is 4.16. The summed E-state index contributed by atoms with van der Waals surface area (Å²) < 4.78 is 5.26. The molecule has 5 nitrogen and oxygen atoms in total. The van der Waals surface area contributed by atoms with Crippen LogP contribution in [0.25, 0.3) is 0 Å². The lowest BCUT2D eigenvalue weighted by Crippen LogP contribution is -2.56. The second-order valence-electron chi connectivity index (χ2n) is 3.76. The summed E-state index contributed by atoms with van der Waals surface area (Å²) in [6, 6.07) is 0.130. The molecule has 1 aliphatic heterocycles. The van der Waals surface area contributed by atoms with Crippen LogP contribution in [-0.4, -0.2) is 49.3 Å². The number of hydrogen-bond donors (Lipinski definition) is 2. The van der Waals surface area contributed by atoms with Crippen molar-refractivity contribution in [2.75, 3.05) is 26.3 Å². The Morgan fingerprint density at radius 2 is 2.43 bits per heavy atom. The number of ether oxygens (including phenoxy) is 1. The second kappa shape index (κ2) is 5.17. The van der Waals surface area contributed by atoms with E-state index in [9.17, 15) is 4.79 Å². The molecule has 0 aliphatic carbocycles. The topological polar surface area (TPSA) is 67.6 Å². The maximum absolute atomic E-state index is 11.7. The number of amides is 2. The van der Waals surface area contributed by atoms with Gasteiger partial charge in [-0.15, -0.1) is 0 Å². The number of rotatable bonds is 2. The summed E-state index contributed by atoms with van der Waals surface area (Å²) in [6.45, 7) is 6.10. The van der Waals surface area contributed by atoms with Crippen molar-refractivity contribution < 1.29 is 9.53 Å². The summed E-state index contributed by atoms with van der Waals surface area (Å²) in [6.07, 6.45) is 0. The summed E-state index contributed by atoms with van der Waals surface area (Å²) in [5, 5.41) is 2.85. The number of morpholine rings is 1. The van der Waals surface area contributed by atoms with Gasteiger partial charge in [0.05, 0.1) is 19.3 Å². The van der Waals surface area contributed by atoms with Crippen molar-refractivity contribution in [3.05, 3.63) is 0 Å². The Balaban J connectivity index is 2.50. The van der Waals surface area contributed by atoms with Crippen LogP contribution in [0.2, 0.25) is 0 Å². The third-order valence-electron chi connectivity index (χ3n) is 2.17. The van der Waals surface area contributed by atoms with Gasteiger partial charge in [-0.25, -0.2) is 4.79 Å². The van der Waals surface area contributed by atoms with Crippen LogP contribution in [0.15, 0.2) is 0 Å². The van der Waals surface area contributed by atoms with Gasteiger partial charge in [-0.1, -0.05) is 0 Å². The van der Waals surface area contributed by atoms with Gasteiger partial charge in [0.1, 0.15) is 0 Å². The number of hydrogen-bond acceptors (Lipinski definition) is 3. The zero-order valence-corrected chi connectivity index (χ0v) is 8.82. The van der Waals surface area contributed by atoms with Crippen LogP contribution in [0.3, 0.4) is 0 Å². The van der Waals surface area contributed by atoms with Crippen molar-refractivity contribution in [3.63, 3.8) is 0 Å². The van der Waals surface area contributed by atoms with Crippen molar-refractivity contribution in [3.8, 4) is 0 Å². The monoisotopic (exact) mass is 201 g/mol. The molecule has 1 aliphatic rings. The van der Waals surface area contributed by atoms with Gasteiger partial charge in [0.2, 0.25) is 0 Å². The largest absolute Gasteiger partial charge is 0.377 e. The fraction of sp³-hybridized carbons (Fsp3) is 0.889. The first-order chi connectivity index (χ1) is 6.65. The molecule has 1 fully saturated rings. The van der Waals surface area contributed by atoms with Crippen LogP contribution in [0.1, 0.15) is 13.8 Å². The number of carbonyl (C=O) groups excluding carboxylic acids is 1. The highest BCUT2D eigenvalue weighted by Gasteiger charge is 2.26. The summed E-state index contributed by atoms with van der Waals surface area (Å²) in [7, 11) is 0. The molecule has 1 atom stereocenters. The fourth-order valence-corrected chi connectivity index (χ4v) is 1.45. The molecule has 1 heterocycles. The molecule has 82 valence electrons. The zero-order valence-electron chi connectivity index (χ0n) is 8.82. The smallest absolute Gasteiger partial charge is 0.318 e. The predicted molar refractivity (Wildman–Crippen MR) is 54.0 cm³/mol. The van der Waals surface area contributed by atoms with E-state index in [-0.39, 0.29) is 18.1 Å². The van der Waals surface area contributed by atoms with E-state index in [4.69, 9.17) is 10.5 Å². The molecule has 0 aromatic heterocycles. The summed E-state index contributed by atoms with van der Waals surface area (Å²) in [5.41, 5.74) is 5.56. The number of nitrogens with one attached hydrogen (secondary N) is 1. The minimum atomic E-state index is -0.0428. The Hall–Kier alpha value is -0.810. The van der Waals surface area contributed by atoms with Gasteiger partial charge in [0.25, 0.3) is 0 Å². The van der Waals surface area contributed by atoms with Gasteiger partial charge in [0, 0.05) is 19.1 Å². The van der Waals surface area contributed by atoms with E-state index in [1.807, 2.05) is 13.8 Å². The van der Waals surface area contributed by atoms with Crippen molar-refractivity contribution in [1.29, 1.82) is 0 Å². The molecule has 0 radical (unpaired) electrons. The van der Waals surface area contributed by atoms with E-state index in [1.165, 1.54) is 0 Å². The fourth-order valence-electron chi connectivity index (χ4n) is 1.45. The van der Waals surface area contributed by atoms with E-state index in [2.05, 4.69) is 5.32 Å².